The number of aryl methyl sites for hydroxylation is 2. The van der Waals surface area contributed by atoms with Crippen LogP contribution in [0.25, 0.3) is 0 Å². The van der Waals surface area contributed by atoms with Crippen molar-refractivity contribution in [3.05, 3.63) is 93.6 Å². The van der Waals surface area contributed by atoms with Gasteiger partial charge in [-0.05, 0) is 79.1 Å². The minimum atomic E-state index is -4.73. The molecule has 0 spiro atoms. The second-order valence-corrected chi connectivity index (χ2v) is 10.3. The lowest BCUT2D eigenvalue weighted by Gasteiger charge is -2.30. The van der Waals surface area contributed by atoms with Crippen molar-refractivity contribution >= 4 is 19.5 Å². The molecule has 42 heavy (non-hydrogen) atoms. The largest absolute Gasteiger partial charge is 0.419 e. The summed E-state index contributed by atoms with van der Waals surface area (Å²) in [5.74, 6) is -0.342. The molecule has 1 aliphatic heterocycles. The molecule has 1 amide bonds. The zero-order chi connectivity index (χ0) is 30.5. The Labute approximate surface area is 239 Å². The number of amides is 1. The molecule has 1 aliphatic rings. The number of carbonyl (C=O) groups is 2. The van der Waals surface area contributed by atoms with Crippen LogP contribution >= 0.6 is 0 Å². The van der Waals surface area contributed by atoms with E-state index in [1.807, 2.05) is 29.1 Å². The Balaban J connectivity index is 1.51. The van der Waals surface area contributed by atoms with Crippen LogP contribution in [0.15, 0.2) is 48.7 Å². The van der Waals surface area contributed by atoms with E-state index in [4.69, 9.17) is 5.73 Å². The molecule has 1 radical (unpaired) electrons. The van der Waals surface area contributed by atoms with E-state index in [0.717, 1.165) is 67.6 Å². The van der Waals surface area contributed by atoms with Crippen molar-refractivity contribution in [3.63, 3.8) is 0 Å². The molecule has 0 bridgehead atoms. The topological polar surface area (TPSA) is 89.2 Å². The van der Waals surface area contributed by atoms with E-state index < -0.39 is 35.8 Å². The molecule has 1 aromatic heterocycles. The van der Waals surface area contributed by atoms with Crippen molar-refractivity contribution < 1.29 is 35.9 Å². The molecule has 13 heteroatoms. The smallest absolute Gasteiger partial charge is 0.369 e. The Morgan fingerprint density at radius 1 is 0.976 bits per heavy atom. The maximum absolute atomic E-state index is 13.8. The number of alkyl halides is 6. The molecule has 0 aliphatic carbocycles. The predicted molar refractivity (Wildman–Crippen MR) is 144 cm³/mol. The van der Waals surface area contributed by atoms with Gasteiger partial charge in [-0.2, -0.15) is 26.3 Å². The Hall–Kier alpha value is -3.74. The summed E-state index contributed by atoms with van der Waals surface area (Å²) in [7, 11) is 1.54. The van der Waals surface area contributed by atoms with Crippen LogP contribution in [0, 0.1) is 0 Å². The number of nitrogens with two attached hydrogens (primary N) is 1. The van der Waals surface area contributed by atoms with Gasteiger partial charge < -0.3 is 15.3 Å². The highest BCUT2D eigenvalue weighted by molar-refractivity contribution is 6.64. The number of rotatable bonds is 10. The fourth-order valence-electron chi connectivity index (χ4n) is 5.18. The lowest BCUT2D eigenvalue weighted by molar-refractivity contribution is -0.139. The molecule has 2 aromatic carbocycles. The van der Waals surface area contributed by atoms with Crippen molar-refractivity contribution in [3.8, 4) is 0 Å². The van der Waals surface area contributed by atoms with Gasteiger partial charge in [0.1, 0.15) is 5.82 Å². The van der Waals surface area contributed by atoms with E-state index in [0.29, 0.717) is 5.92 Å². The highest BCUT2D eigenvalue weighted by atomic mass is 19.4. The monoisotopic (exact) mass is 589 g/mol. The van der Waals surface area contributed by atoms with Gasteiger partial charge in [0, 0.05) is 12.6 Å². The minimum absolute atomic E-state index is 0.00722. The Bertz CT molecular complexity index is 1400. The maximum Gasteiger partial charge on any atom is 0.419 e. The summed E-state index contributed by atoms with van der Waals surface area (Å²) in [6, 6.07) is 10.5. The van der Waals surface area contributed by atoms with Crippen molar-refractivity contribution in [2.24, 2.45) is 5.73 Å². The molecule has 0 saturated carbocycles. The quantitative estimate of drug-likeness (QED) is 0.207. The van der Waals surface area contributed by atoms with E-state index in [-0.39, 0.29) is 41.9 Å². The molecule has 2 heterocycles. The van der Waals surface area contributed by atoms with E-state index >= 15 is 0 Å². The van der Waals surface area contributed by atoms with Crippen molar-refractivity contribution in [2.45, 2.75) is 56.8 Å². The van der Waals surface area contributed by atoms with Crippen LogP contribution in [0.2, 0.25) is 0 Å². The molecule has 221 valence electrons. The number of aromatic nitrogens is 2. The number of hydrogen-bond donors (Lipinski definition) is 1. The molecular formula is C29H28BF6N4O2. The molecule has 3 aromatic rings. The second-order valence-electron chi connectivity index (χ2n) is 10.3. The van der Waals surface area contributed by atoms with E-state index in [1.54, 1.807) is 7.41 Å². The van der Waals surface area contributed by atoms with Crippen LogP contribution in [0.4, 0.5) is 26.3 Å². The SMILES string of the molecule is NC(=O)Cc1cc(C(F)(F)F)ccc1CCc1nc(Cc2ccc(C3CCN([B]C=O)CC3)cc2)ncc1C(F)(F)F. The molecule has 4 rings (SSSR count). The third kappa shape index (κ3) is 8.18. The van der Waals surface area contributed by atoms with Crippen LogP contribution in [-0.4, -0.2) is 47.4 Å². The minimum Gasteiger partial charge on any atom is -0.369 e. The summed E-state index contributed by atoms with van der Waals surface area (Å²) in [5.41, 5.74) is 5.15. The fourth-order valence-corrected chi connectivity index (χ4v) is 5.18. The highest BCUT2D eigenvalue weighted by Gasteiger charge is 2.35. The maximum atomic E-state index is 13.8. The zero-order valence-electron chi connectivity index (χ0n) is 22.5. The summed E-state index contributed by atoms with van der Waals surface area (Å²) in [6.45, 7) is 1.56. The molecule has 0 atom stereocenters. The standard InChI is InChI=1S/C29H28BF6N4O2/c31-28(32,33)23-7-5-20(22(14-23)15-26(37)42)6-8-25-24(29(34,35)36)16-38-27(39-25)13-18-1-3-19(4-2-18)21-9-11-40(12-10-21)30-17-41/h1-5,7,14,16-17,21H,6,8-13,15H2,(H2,37,42). The number of halogens is 6. The third-order valence-electron chi connectivity index (χ3n) is 7.37. The second kappa shape index (κ2) is 13.1. The Morgan fingerprint density at radius 2 is 1.67 bits per heavy atom. The van der Waals surface area contributed by atoms with Gasteiger partial charge in [-0.3, -0.25) is 4.79 Å². The fraction of sp³-hybridized carbons (Fsp3) is 0.379. The van der Waals surface area contributed by atoms with Crippen molar-refractivity contribution in [1.82, 2.24) is 14.8 Å². The van der Waals surface area contributed by atoms with Gasteiger partial charge in [0.25, 0.3) is 7.41 Å². The van der Waals surface area contributed by atoms with Gasteiger partial charge in [-0.25, -0.2) is 9.97 Å². The first kappa shape index (κ1) is 31.2. The van der Waals surface area contributed by atoms with Gasteiger partial charge >= 0.3 is 12.4 Å². The van der Waals surface area contributed by atoms with Crippen LogP contribution in [0.1, 0.15) is 63.7 Å². The van der Waals surface area contributed by atoms with Crippen LogP contribution < -0.4 is 5.73 Å². The lowest BCUT2D eigenvalue weighted by atomic mass is 9.84. The van der Waals surface area contributed by atoms with E-state index in [2.05, 4.69) is 9.97 Å². The van der Waals surface area contributed by atoms with Crippen molar-refractivity contribution in [2.75, 3.05) is 13.1 Å². The molecule has 0 unspecified atom stereocenters. The summed E-state index contributed by atoms with van der Waals surface area (Å²) in [5, 5.41) is 0. The molecule has 6 nitrogen and oxygen atoms in total. The normalized spacial score (nSPS) is 15.0. The van der Waals surface area contributed by atoms with Crippen LogP contribution in [0.3, 0.4) is 0 Å². The number of hydrogen-bond acceptors (Lipinski definition) is 5. The molecule has 1 fully saturated rings. The van der Waals surface area contributed by atoms with E-state index in [1.165, 1.54) is 0 Å². The predicted octanol–water partition coefficient (Wildman–Crippen LogP) is 4.91. The molecular weight excluding hydrogens is 561 g/mol. The average molecular weight is 589 g/mol. The average Bonchev–Trinajstić information content (AvgIpc) is 2.92. The number of piperidine rings is 1. The van der Waals surface area contributed by atoms with Gasteiger partial charge in [-0.1, -0.05) is 30.3 Å². The van der Waals surface area contributed by atoms with Gasteiger partial charge in [0.15, 0.2) is 0 Å². The molecule has 2 N–H and O–H groups in total. The van der Waals surface area contributed by atoms with Crippen molar-refractivity contribution in [1.29, 1.82) is 0 Å². The van der Waals surface area contributed by atoms with Crippen LogP contribution in [-0.2, 0) is 47.6 Å². The van der Waals surface area contributed by atoms with E-state index in [9.17, 15) is 35.9 Å². The summed E-state index contributed by atoms with van der Waals surface area (Å²) >= 11 is 0. The van der Waals surface area contributed by atoms with Gasteiger partial charge in [0.2, 0.25) is 5.91 Å². The number of carbonyl (C=O) groups excluding carboxylic acids is 2. The third-order valence-corrected chi connectivity index (χ3v) is 7.37. The highest BCUT2D eigenvalue weighted by Crippen LogP contribution is 2.34. The Kier molecular flexibility index (Phi) is 9.70. The van der Waals surface area contributed by atoms with Gasteiger partial charge in [-0.15, -0.1) is 0 Å². The summed E-state index contributed by atoms with van der Waals surface area (Å²) in [6.07, 6.45) is -6.69. The first-order valence-corrected chi connectivity index (χ1v) is 13.3. The first-order valence-electron chi connectivity index (χ1n) is 13.3. The number of primary amides is 1. The number of benzene rings is 2. The summed E-state index contributed by atoms with van der Waals surface area (Å²) in [4.78, 5) is 32.3. The first-order chi connectivity index (χ1) is 19.8. The zero-order valence-corrected chi connectivity index (χ0v) is 22.5. The molecule has 1 saturated heterocycles. The Morgan fingerprint density at radius 3 is 2.26 bits per heavy atom. The summed E-state index contributed by atoms with van der Waals surface area (Å²) < 4.78 is 80.8. The lowest BCUT2D eigenvalue weighted by Crippen LogP contribution is -2.36. The number of nitrogens with zero attached hydrogens (tertiary/aromatic N) is 3. The van der Waals surface area contributed by atoms with Gasteiger partial charge in [0.05, 0.1) is 29.4 Å². The van der Waals surface area contributed by atoms with Crippen LogP contribution in [0.5, 0.6) is 0 Å².